The normalized spacial score (nSPS) is 10.6. The molecule has 1 aromatic carbocycles. The quantitative estimate of drug-likeness (QED) is 0.610. The molecule has 0 saturated carbocycles. The van der Waals surface area contributed by atoms with Gasteiger partial charge in [0.15, 0.2) is 5.75 Å². The van der Waals surface area contributed by atoms with Crippen LogP contribution in [0.25, 0.3) is 6.08 Å². The second kappa shape index (κ2) is 5.87. The zero-order valence-corrected chi connectivity index (χ0v) is 9.05. The molecule has 5 heteroatoms. The third-order valence-electron chi connectivity index (χ3n) is 2.04. The van der Waals surface area contributed by atoms with Gasteiger partial charge in [0.05, 0.1) is 12.0 Å². The van der Waals surface area contributed by atoms with Gasteiger partial charge in [-0.2, -0.15) is 0 Å². The molecule has 0 unspecified atom stereocenters. The Labute approximate surface area is 93.7 Å². The number of methoxy groups -OCH3 is 1. The van der Waals surface area contributed by atoms with E-state index in [4.69, 9.17) is 10.5 Å². The van der Waals surface area contributed by atoms with E-state index in [1.54, 1.807) is 18.2 Å². The van der Waals surface area contributed by atoms with Crippen LogP contribution in [0.4, 0.5) is 5.69 Å². The minimum Gasteiger partial charge on any atom is -0.490 e. The van der Waals surface area contributed by atoms with E-state index in [1.807, 2.05) is 6.08 Å². The van der Waals surface area contributed by atoms with Crippen LogP contribution in [-0.2, 0) is 0 Å². The zero-order chi connectivity index (χ0) is 12.0. The highest BCUT2D eigenvalue weighted by molar-refractivity contribution is 5.58. The van der Waals surface area contributed by atoms with Gasteiger partial charge in [0.2, 0.25) is 0 Å². The number of nitro groups is 1. The van der Waals surface area contributed by atoms with Gasteiger partial charge in [-0.3, -0.25) is 10.1 Å². The van der Waals surface area contributed by atoms with Crippen LogP contribution in [0.5, 0.6) is 5.75 Å². The van der Waals surface area contributed by atoms with Gasteiger partial charge in [-0.05, 0) is 24.6 Å². The highest BCUT2D eigenvalue weighted by atomic mass is 16.6. The molecule has 0 aliphatic carbocycles. The minimum absolute atomic E-state index is 0.0302. The summed E-state index contributed by atoms with van der Waals surface area (Å²) in [5.74, 6) is 0.265. The summed E-state index contributed by atoms with van der Waals surface area (Å²) in [6, 6.07) is 4.82. The molecule has 0 heterocycles. The molecule has 0 spiro atoms. The lowest BCUT2D eigenvalue weighted by Gasteiger charge is -2.01. The lowest BCUT2D eigenvalue weighted by molar-refractivity contribution is -0.385. The maximum absolute atomic E-state index is 10.7. The number of benzene rings is 1. The van der Waals surface area contributed by atoms with Crippen molar-refractivity contribution in [1.29, 1.82) is 0 Å². The molecule has 0 radical (unpaired) electrons. The number of hydrogen-bond acceptors (Lipinski definition) is 4. The molecule has 0 bridgehead atoms. The first-order valence-electron chi connectivity index (χ1n) is 4.88. The fourth-order valence-corrected chi connectivity index (χ4v) is 1.27. The Morgan fingerprint density at radius 3 is 2.88 bits per heavy atom. The SMILES string of the molecule is COc1ccc(C=CCCN)cc1[N+](=O)[O-]. The van der Waals surface area contributed by atoms with Crippen LogP contribution in [0.2, 0.25) is 0 Å². The summed E-state index contributed by atoms with van der Waals surface area (Å²) >= 11 is 0. The predicted octanol–water partition coefficient (Wildman–Crippen LogP) is 1.97. The van der Waals surface area contributed by atoms with Gasteiger partial charge in [0, 0.05) is 6.07 Å². The Morgan fingerprint density at radius 2 is 2.31 bits per heavy atom. The maximum Gasteiger partial charge on any atom is 0.311 e. The van der Waals surface area contributed by atoms with Crippen LogP contribution < -0.4 is 10.5 Å². The molecule has 0 aliphatic rings. The molecular weight excluding hydrogens is 208 g/mol. The van der Waals surface area contributed by atoms with Crippen molar-refractivity contribution in [3.8, 4) is 5.75 Å². The van der Waals surface area contributed by atoms with Gasteiger partial charge in [-0.15, -0.1) is 0 Å². The van der Waals surface area contributed by atoms with E-state index in [2.05, 4.69) is 0 Å². The van der Waals surface area contributed by atoms with E-state index in [9.17, 15) is 10.1 Å². The highest BCUT2D eigenvalue weighted by Gasteiger charge is 2.13. The highest BCUT2D eigenvalue weighted by Crippen LogP contribution is 2.27. The number of hydrogen-bond donors (Lipinski definition) is 1. The number of rotatable bonds is 5. The van der Waals surface area contributed by atoms with E-state index in [-0.39, 0.29) is 11.4 Å². The minimum atomic E-state index is -0.459. The zero-order valence-electron chi connectivity index (χ0n) is 9.05. The van der Waals surface area contributed by atoms with Crippen molar-refractivity contribution >= 4 is 11.8 Å². The Balaban J connectivity index is 2.98. The van der Waals surface area contributed by atoms with Crippen molar-refractivity contribution in [1.82, 2.24) is 0 Å². The summed E-state index contributed by atoms with van der Waals surface area (Å²) < 4.78 is 4.90. The van der Waals surface area contributed by atoms with Gasteiger partial charge in [0.25, 0.3) is 0 Å². The fraction of sp³-hybridized carbons (Fsp3) is 0.273. The van der Waals surface area contributed by atoms with Gasteiger partial charge in [0.1, 0.15) is 0 Å². The molecule has 1 aromatic rings. The topological polar surface area (TPSA) is 78.4 Å². The summed E-state index contributed by atoms with van der Waals surface area (Å²) in [6.07, 6.45) is 4.44. The first kappa shape index (κ1) is 12.2. The third-order valence-corrected chi connectivity index (χ3v) is 2.04. The Hall–Kier alpha value is -1.88. The van der Waals surface area contributed by atoms with Crippen molar-refractivity contribution < 1.29 is 9.66 Å². The average molecular weight is 222 g/mol. The second-order valence-corrected chi connectivity index (χ2v) is 3.17. The summed E-state index contributed by atoms with van der Waals surface area (Å²) in [6.45, 7) is 0.564. The number of nitro benzene ring substituents is 1. The van der Waals surface area contributed by atoms with E-state index in [0.717, 1.165) is 12.0 Å². The number of ether oxygens (including phenoxy) is 1. The second-order valence-electron chi connectivity index (χ2n) is 3.17. The number of nitrogens with zero attached hydrogens (tertiary/aromatic N) is 1. The van der Waals surface area contributed by atoms with E-state index >= 15 is 0 Å². The van der Waals surface area contributed by atoms with Gasteiger partial charge in [-0.25, -0.2) is 0 Å². The van der Waals surface area contributed by atoms with Gasteiger partial charge < -0.3 is 10.5 Å². The standard InChI is InChI=1S/C11H14N2O3/c1-16-11-6-5-9(4-2-3-7-12)8-10(11)13(14)15/h2,4-6,8H,3,7,12H2,1H3. The molecule has 0 amide bonds. The van der Waals surface area contributed by atoms with Crippen LogP contribution in [-0.4, -0.2) is 18.6 Å². The molecule has 2 N–H and O–H groups in total. The average Bonchev–Trinajstić information content (AvgIpc) is 2.29. The molecule has 0 atom stereocenters. The van der Waals surface area contributed by atoms with Crippen molar-refractivity contribution in [3.63, 3.8) is 0 Å². The van der Waals surface area contributed by atoms with Crippen molar-refractivity contribution in [3.05, 3.63) is 40.0 Å². The van der Waals surface area contributed by atoms with E-state index in [0.29, 0.717) is 6.54 Å². The van der Waals surface area contributed by atoms with Crippen LogP contribution in [0, 0.1) is 10.1 Å². The van der Waals surface area contributed by atoms with E-state index in [1.165, 1.54) is 13.2 Å². The van der Waals surface area contributed by atoms with Crippen LogP contribution in [0.3, 0.4) is 0 Å². The summed E-state index contributed by atoms with van der Waals surface area (Å²) in [4.78, 5) is 10.3. The van der Waals surface area contributed by atoms with Crippen LogP contribution >= 0.6 is 0 Å². The number of nitrogens with two attached hydrogens (primary N) is 1. The summed E-state index contributed by atoms with van der Waals surface area (Å²) in [5, 5.41) is 10.7. The molecule has 0 saturated heterocycles. The fourth-order valence-electron chi connectivity index (χ4n) is 1.27. The molecular formula is C11H14N2O3. The Bertz CT molecular complexity index is 402. The molecule has 16 heavy (non-hydrogen) atoms. The molecule has 86 valence electrons. The van der Waals surface area contributed by atoms with Crippen molar-refractivity contribution in [2.75, 3.05) is 13.7 Å². The maximum atomic E-state index is 10.7. The largest absolute Gasteiger partial charge is 0.490 e. The third kappa shape index (κ3) is 3.06. The lowest BCUT2D eigenvalue weighted by atomic mass is 10.1. The molecule has 0 aromatic heterocycles. The monoisotopic (exact) mass is 222 g/mol. The van der Waals surface area contributed by atoms with Gasteiger partial charge >= 0.3 is 5.69 Å². The lowest BCUT2D eigenvalue weighted by Crippen LogP contribution is -1.95. The molecule has 5 nitrogen and oxygen atoms in total. The Kier molecular flexibility index (Phi) is 4.47. The van der Waals surface area contributed by atoms with Crippen LogP contribution in [0.1, 0.15) is 12.0 Å². The van der Waals surface area contributed by atoms with E-state index < -0.39 is 4.92 Å². The molecule has 0 fully saturated rings. The Morgan fingerprint density at radius 1 is 1.56 bits per heavy atom. The summed E-state index contributed by atoms with van der Waals surface area (Å²) in [5.41, 5.74) is 6.07. The first-order valence-corrected chi connectivity index (χ1v) is 4.88. The van der Waals surface area contributed by atoms with Crippen molar-refractivity contribution in [2.45, 2.75) is 6.42 Å². The predicted molar refractivity (Wildman–Crippen MR) is 62.4 cm³/mol. The molecule has 1 rings (SSSR count). The summed E-state index contributed by atoms with van der Waals surface area (Å²) in [7, 11) is 1.41. The van der Waals surface area contributed by atoms with Gasteiger partial charge in [-0.1, -0.05) is 18.2 Å². The first-order chi connectivity index (χ1) is 7.69. The van der Waals surface area contributed by atoms with Crippen LogP contribution in [0.15, 0.2) is 24.3 Å². The smallest absolute Gasteiger partial charge is 0.311 e. The molecule has 0 aliphatic heterocycles. The van der Waals surface area contributed by atoms with Crippen molar-refractivity contribution in [2.24, 2.45) is 5.73 Å².